The first-order chi connectivity index (χ1) is 18.8. The minimum absolute atomic E-state index is 0.00626. The average Bonchev–Trinajstić information content (AvgIpc) is 3.66. The normalized spacial score (nSPS) is 18.5. The number of pyridine rings is 2. The van der Waals surface area contributed by atoms with Crippen LogP contribution in [0.25, 0.3) is 28.1 Å². The summed E-state index contributed by atoms with van der Waals surface area (Å²) in [7, 11) is 1.38. The second-order valence-corrected chi connectivity index (χ2v) is 9.83. The van der Waals surface area contributed by atoms with E-state index in [1.807, 2.05) is 0 Å². The molecule has 6 heterocycles. The monoisotopic (exact) mass is 552 g/mol. The zero-order chi connectivity index (χ0) is 27.0. The maximum Gasteiger partial charge on any atom is 0.342 e. The van der Waals surface area contributed by atoms with Crippen molar-refractivity contribution in [3.8, 4) is 17.4 Å². The first kappa shape index (κ1) is 23.8. The molecule has 0 radical (unpaired) electrons. The molecule has 5 aromatic rings. The third-order valence-electron chi connectivity index (χ3n) is 7.23. The van der Waals surface area contributed by atoms with E-state index < -0.39 is 22.9 Å². The standard InChI is InChI=1S/C26H19ClF2N6O4/c1-38-24-23-19(9-21(31-24)33-11-16-7-15(33)12-39-16)34(14-2-3-18(29)17(27)8-14)26(37)35(25(23)36)22-10-30-20-6-13(28)4-5-32(20)22/h2-6,8-10,15-16H,7,11-12H2,1H3/t15-,16-/m0/s1. The van der Waals surface area contributed by atoms with Crippen LogP contribution in [0.2, 0.25) is 5.02 Å². The van der Waals surface area contributed by atoms with Crippen molar-refractivity contribution in [2.24, 2.45) is 0 Å². The number of methoxy groups -OCH3 is 1. The fraction of sp³-hybridized carbons (Fsp3) is 0.231. The number of hydrogen-bond acceptors (Lipinski definition) is 7. The van der Waals surface area contributed by atoms with Crippen LogP contribution in [0.3, 0.4) is 0 Å². The van der Waals surface area contributed by atoms with E-state index in [9.17, 15) is 18.4 Å². The minimum Gasteiger partial charge on any atom is -0.480 e. The van der Waals surface area contributed by atoms with Crippen molar-refractivity contribution >= 4 is 34.0 Å². The van der Waals surface area contributed by atoms with Crippen LogP contribution in [0.15, 0.2) is 58.4 Å². The minimum atomic E-state index is -0.772. The Bertz CT molecular complexity index is 1940. The summed E-state index contributed by atoms with van der Waals surface area (Å²) in [6.07, 6.45) is 3.58. The van der Waals surface area contributed by atoms with Crippen LogP contribution in [-0.4, -0.2) is 55.9 Å². The number of imidazole rings is 1. The van der Waals surface area contributed by atoms with Gasteiger partial charge in [0.1, 0.15) is 34.3 Å². The summed E-state index contributed by atoms with van der Waals surface area (Å²) in [4.78, 5) is 39.0. The van der Waals surface area contributed by atoms with Gasteiger partial charge in [-0.05, 0) is 30.7 Å². The van der Waals surface area contributed by atoms with Gasteiger partial charge in [-0.2, -0.15) is 4.98 Å². The highest BCUT2D eigenvalue weighted by Crippen LogP contribution is 2.35. The predicted molar refractivity (Wildman–Crippen MR) is 139 cm³/mol. The molecular formula is C26H19ClF2N6O4. The zero-order valence-electron chi connectivity index (χ0n) is 20.3. The second kappa shape index (κ2) is 8.61. The molecule has 0 saturated carbocycles. The number of ether oxygens (including phenoxy) is 2. The fourth-order valence-electron chi connectivity index (χ4n) is 5.43. The van der Waals surface area contributed by atoms with E-state index in [1.165, 1.54) is 52.7 Å². The lowest BCUT2D eigenvalue weighted by Gasteiger charge is -2.28. The van der Waals surface area contributed by atoms with Gasteiger partial charge < -0.3 is 14.4 Å². The Kier molecular flexibility index (Phi) is 5.26. The molecule has 2 aliphatic rings. The van der Waals surface area contributed by atoms with Gasteiger partial charge in [0.25, 0.3) is 5.56 Å². The van der Waals surface area contributed by atoms with Crippen LogP contribution in [0.1, 0.15) is 6.42 Å². The molecule has 10 nitrogen and oxygen atoms in total. The fourth-order valence-corrected chi connectivity index (χ4v) is 5.61. The van der Waals surface area contributed by atoms with Crippen molar-refractivity contribution in [2.45, 2.75) is 18.6 Å². The number of fused-ring (bicyclic) bond motifs is 4. The van der Waals surface area contributed by atoms with Crippen LogP contribution in [0.4, 0.5) is 14.6 Å². The van der Waals surface area contributed by atoms with Crippen molar-refractivity contribution in [3.05, 3.63) is 86.3 Å². The first-order valence-electron chi connectivity index (χ1n) is 12.1. The summed E-state index contributed by atoms with van der Waals surface area (Å²) >= 11 is 6.10. The third-order valence-corrected chi connectivity index (χ3v) is 7.52. The van der Waals surface area contributed by atoms with Crippen molar-refractivity contribution in [2.75, 3.05) is 25.2 Å². The summed E-state index contributed by atoms with van der Waals surface area (Å²) in [5, 5.41) is -0.190. The molecule has 0 unspecified atom stereocenters. The van der Waals surface area contributed by atoms with Gasteiger partial charge in [0.15, 0.2) is 0 Å². The Balaban J connectivity index is 1.59. The molecule has 2 aliphatic heterocycles. The Hall–Kier alpha value is -4.29. The molecular weight excluding hydrogens is 534 g/mol. The van der Waals surface area contributed by atoms with Crippen molar-refractivity contribution in [1.29, 1.82) is 0 Å². The Labute approximate surface area is 223 Å². The molecule has 0 N–H and O–H groups in total. The highest BCUT2D eigenvalue weighted by molar-refractivity contribution is 6.30. The van der Waals surface area contributed by atoms with Crippen LogP contribution < -0.4 is 20.9 Å². The molecule has 1 aromatic carbocycles. The van der Waals surface area contributed by atoms with Gasteiger partial charge >= 0.3 is 5.69 Å². The number of hydrogen-bond donors (Lipinski definition) is 0. The largest absolute Gasteiger partial charge is 0.480 e. The van der Waals surface area contributed by atoms with Crippen LogP contribution in [0.5, 0.6) is 5.88 Å². The summed E-state index contributed by atoms with van der Waals surface area (Å²) < 4.78 is 42.8. The molecule has 39 heavy (non-hydrogen) atoms. The van der Waals surface area contributed by atoms with Gasteiger partial charge in [-0.25, -0.2) is 23.1 Å². The molecule has 2 fully saturated rings. The van der Waals surface area contributed by atoms with E-state index in [2.05, 4.69) is 14.9 Å². The van der Waals surface area contributed by atoms with E-state index in [-0.39, 0.29) is 51.1 Å². The number of rotatable bonds is 4. The number of morpholine rings is 1. The summed E-state index contributed by atoms with van der Waals surface area (Å²) in [6, 6.07) is 7.93. The molecule has 0 spiro atoms. The summed E-state index contributed by atoms with van der Waals surface area (Å²) in [5.41, 5.74) is -0.871. The maximum atomic E-state index is 14.1. The topological polar surface area (TPSA) is 95.9 Å². The van der Waals surface area contributed by atoms with E-state index in [4.69, 9.17) is 21.1 Å². The number of nitrogens with zero attached hydrogens (tertiary/aromatic N) is 6. The highest BCUT2D eigenvalue weighted by atomic mass is 35.5. The van der Waals surface area contributed by atoms with Crippen molar-refractivity contribution in [3.63, 3.8) is 0 Å². The average molecular weight is 553 g/mol. The molecule has 0 aliphatic carbocycles. The van der Waals surface area contributed by atoms with E-state index in [0.29, 0.717) is 19.0 Å². The SMILES string of the molecule is COc1nc(N2C[C@@H]3C[C@H]2CO3)cc2c1c(=O)n(-c1cnc3cc(F)ccn13)c(=O)n2-c1ccc(F)c(Cl)c1. The highest BCUT2D eigenvalue weighted by Gasteiger charge is 2.40. The van der Waals surface area contributed by atoms with E-state index in [1.54, 1.807) is 6.07 Å². The molecule has 198 valence electrons. The molecule has 2 saturated heterocycles. The Morgan fingerprint density at radius 2 is 1.97 bits per heavy atom. The first-order valence-corrected chi connectivity index (χ1v) is 12.5. The Morgan fingerprint density at radius 1 is 1.13 bits per heavy atom. The number of aromatic nitrogens is 5. The second-order valence-electron chi connectivity index (χ2n) is 9.43. The van der Waals surface area contributed by atoms with E-state index >= 15 is 0 Å². The van der Waals surface area contributed by atoms with Crippen molar-refractivity contribution < 1.29 is 18.3 Å². The number of anilines is 1. The van der Waals surface area contributed by atoms with Gasteiger partial charge in [-0.15, -0.1) is 0 Å². The van der Waals surface area contributed by atoms with Gasteiger partial charge in [-0.1, -0.05) is 11.6 Å². The van der Waals surface area contributed by atoms with E-state index in [0.717, 1.165) is 17.1 Å². The summed E-state index contributed by atoms with van der Waals surface area (Å²) in [5.74, 6) is -0.596. The number of halogens is 3. The van der Waals surface area contributed by atoms with Crippen LogP contribution in [0, 0.1) is 11.6 Å². The predicted octanol–water partition coefficient (Wildman–Crippen LogP) is 3.10. The zero-order valence-corrected chi connectivity index (χ0v) is 21.1. The molecule has 4 aromatic heterocycles. The lowest BCUT2D eigenvalue weighted by atomic mass is 10.2. The van der Waals surface area contributed by atoms with Gasteiger partial charge in [0.2, 0.25) is 5.88 Å². The van der Waals surface area contributed by atoms with Crippen LogP contribution in [-0.2, 0) is 4.74 Å². The maximum absolute atomic E-state index is 14.1. The lowest BCUT2D eigenvalue weighted by molar-refractivity contribution is 0.0988. The number of benzene rings is 1. The third kappa shape index (κ3) is 3.55. The van der Waals surface area contributed by atoms with Gasteiger partial charge in [0.05, 0.1) is 48.3 Å². The summed E-state index contributed by atoms with van der Waals surface area (Å²) in [6.45, 7) is 1.15. The molecule has 7 rings (SSSR count). The molecule has 2 bridgehead atoms. The molecule has 0 amide bonds. The van der Waals surface area contributed by atoms with Crippen molar-refractivity contribution in [1.82, 2.24) is 23.5 Å². The Morgan fingerprint density at radius 3 is 2.69 bits per heavy atom. The molecule has 2 atom stereocenters. The van der Waals surface area contributed by atoms with Gasteiger partial charge in [0, 0.05) is 24.9 Å². The van der Waals surface area contributed by atoms with Gasteiger partial charge in [-0.3, -0.25) is 13.8 Å². The quantitative estimate of drug-likeness (QED) is 0.338. The lowest BCUT2D eigenvalue weighted by Crippen LogP contribution is -2.40. The smallest absolute Gasteiger partial charge is 0.342 e. The van der Waals surface area contributed by atoms with Crippen LogP contribution >= 0.6 is 11.6 Å². The molecule has 13 heteroatoms.